The summed E-state index contributed by atoms with van der Waals surface area (Å²) in [4.78, 5) is 24.3. The van der Waals surface area contributed by atoms with E-state index in [0.717, 1.165) is 44.1 Å². The van der Waals surface area contributed by atoms with Crippen molar-refractivity contribution in [3.63, 3.8) is 0 Å². The van der Waals surface area contributed by atoms with Crippen molar-refractivity contribution in [1.29, 1.82) is 0 Å². The van der Waals surface area contributed by atoms with Crippen molar-refractivity contribution >= 4 is 11.9 Å². The Morgan fingerprint density at radius 3 is 2.16 bits per heavy atom. The molecule has 0 bridgehead atoms. The molecule has 1 aromatic carbocycles. The lowest BCUT2D eigenvalue weighted by molar-refractivity contribution is -0.180. The van der Waals surface area contributed by atoms with E-state index < -0.39 is 23.6 Å². The van der Waals surface area contributed by atoms with Gasteiger partial charge >= 0.3 is 11.9 Å². The van der Waals surface area contributed by atoms with Crippen molar-refractivity contribution in [2.75, 3.05) is 0 Å². The third-order valence-corrected chi connectivity index (χ3v) is 4.72. The van der Waals surface area contributed by atoms with Crippen LogP contribution in [0.25, 0.3) is 0 Å². The van der Waals surface area contributed by atoms with Crippen molar-refractivity contribution in [3.8, 4) is 0 Å². The summed E-state index contributed by atoms with van der Waals surface area (Å²) in [5, 5.41) is 0. The van der Waals surface area contributed by atoms with E-state index >= 15 is 0 Å². The molecule has 0 aromatic heterocycles. The number of rotatable bonds is 5. The second kappa shape index (κ2) is 8.84. The van der Waals surface area contributed by atoms with E-state index in [2.05, 4.69) is 6.58 Å². The van der Waals surface area contributed by atoms with Crippen molar-refractivity contribution in [3.05, 3.63) is 48.0 Å². The Morgan fingerprint density at radius 2 is 1.60 bits per heavy atom. The van der Waals surface area contributed by atoms with Gasteiger partial charge in [0.2, 0.25) is 0 Å². The monoisotopic (exact) mass is 344 g/mol. The molecule has 1 saturated carbocycles. The summed E-state index contributed by atoms with van der Waals surface area (Å²) in [5.74, 6) is -1.07. The fourth-order valence-electron chi connectivity index (χ4n) is 3.25. The number of hydrogen-bond donors (Lipinski definition) is 0. The topological polar surface area (TPSA) is 52.6 Å². The molecule has 2 rings (SSSR count). The molecule has 1 aliphatic carbocycles. The molecule has 25 heavy (non-hydrogen) atoms. The molecule has 0 saturated heterocycles. The standard InChI is InChI=1S/C21H28O4/c1-16(2)19(22)24-17(3)20(23)25-21(18-12-8-7-9-13-18)14-10-5-4-6-11-15-21/h7-9,12-13,17H,1,4-6,10-11,14-15H2,2-3H3. The minimum Gasteiger partial charge on any atom is -0.451 e. The zero-order valence-corrected chi connectivity index (χ0v) is 15.3. The van der Waals surface area contributed by atoms with Gasteiger partial charge in [0.05, 0.1) is 0 Å². The fourth-order valence-corrected chi connectivity index (χ4v) is 3.25. The van der Waals surface area contributed by atoms with Gasteiger partial charge in [-0.25, -0.2) is 9.59 Å². The third-order valence-electron chi connectivity index (χ3n) is 4.72. The van der Waals surface area contributed by atoms with Gasteiger partial charge in [-0.1, -0.05) is 56.2 Å². The first kappa shape index (κ1) is 19.2. The largest absolute Gasteiger partial charge is 0.451 e. The van der Waals surface area contributed by atoms with Gasteiger partial charge in [-0.2, -0.15) is 0 Å². The SMILES string of the molecule is C=C(C)C(=O)OC(C)C(=O)OC1(c2ccccc2)CCCCCCC1. The highest BCUT2D eigenvalue weighted by atomic mass is 16.6. The van der Waals surface area contributed by atoms with Crippen LogP contribution in [-0.4, -0.2) is 18.0 Å². The molecule has 136 valence electrons. The highest BCUT2D eigenvalue weighted by Gasteiger charge is 2.38. The minimum absolute atomic E-state index is 0.267. The Bertz CT molecular complexity index is 598. The molecular formula is C21H28O4. The van der Waals surface area contributed by atoms with E-state index in [4.69, 9.17) is 9.47 Å². The molecule has 1 aromatic rings. The predicted molar refractivity (Wildman–Crippen MR) is 96.9 cm³/mol. The number of ether oxygens (including phenoxy) is 2. The van der Waals surface area contributed by atoms with Gasteiger partial charge < -0.3 is 9.47 Å². The number of benzene rings is 1. The Morgan fingerprint density at radius 1 is 1.04 bits per heavy atom. The lowest BCUT2D eigenvalue weighted by Crippen LogP contribution is -2.38. The van der Waals surface area contributed by atoms with Crippen molar-refractivity contribution < 1.29 is 19.1 Å². The van der Waals surface area contributed by atoms with E-state index in [-0.39, 0.29) is 5.57 Å². The maximum Gasteiger partial charge on any atom is 0.348 e. The lowest BCUT2D eigenvalue weighted by atomic mass is 9.81. The molecule has 0 spiro atoms. The molecule has 0 radical (unpaired) electrons. The van der Waals surface area contributed by atoms with Gasteiger partial charge in [0.1, 0.15) is 5.60 Å². The Kier molecular flexibility index (Phi) is 6.80. The zero-order chi connectivity index (χ0) is 18.3. The Labute approximate surface area is 150 Å². The molecule has 0 heterocycles. The molecule has 1 fully saturated rings. The molecule has 0 N–H and O–H groups in total. The van der Waals surface area contributed by atoms with Crippen LogP contribution >= 0.6 is 0 Å². The van der Waals surface area contributed by atoms with Crippen molar-refractivity contribution in [2.45, 2.75) is 70.5 Å². The summed E-state index contributed by atoms with van der Waals surface area (Å²) >= 11 is 0. The van der Waals surface area contributed by atoms with Gasteiger partial charge in [-0.15, -0.1) is 0 Å². The lowest BCUT2D eigenvalue weighted by Gasteiger charge is -2.36. The molecule has 1 unspecified atom stereocenters. The molecular weight excluding hydrogens is 316 g/mol. The Hall–Kier alpha value is -2.10. The molecule has 4 nitrogen and oxygen atoms in total. The van der Waals surface area contributed by atoms with E-state index in [1.807, 2.05) is 30.3 Å². The van der Waals surface area contributed by atoms with E-state index in [1.54, 1.807) is 13.8 Å². The molecule has 0 amide bonds. The fraction of sp³-hybridized carbons (Fsp3) is 0.524. The normalized spacial score (nSPS) is 18.3. The summed E-state index contributed by atoms with van der Waals surface area (Å²) < 4.78 is 11.1. The van der Waals surface area contributed by atoms with Crippen LogP contribution in [0.5, 0.6) is 0 Å². The quantitative estimate of drug-likeness (QED) is 0.575. The van der Waals surface area contributed by atoms with Crippen LogP contribution in [0.15, 0.2) is 42.5 Å². The minimum atomic E-state index is -0.949. The van der Waals surface area contributed by atoms with Crippen LogP contribution in [0.4, 0.5) is 0 Å². The smallest absolute Gasteiger partial charge is 0.348 e. The van der Waals surface area contributed by atoms with Gasteiger partial charge in [-0.3, -0.25) is 0 Å². The Balaban J connectivity index is 2.19. The zero-order valence-electron chi connectivity index (χ0n) is 15.3. The first-order valence-electron chi connectivity index (χ1n) is 9.09. The van der Waals surface area contributed by atoms with Crippen molar-refractivity contribution in [2.24, 2.45) is 0 Å². The van der Waals surface area contributed by atoms with Crippen LogP contribution in [-0.2, 0) is 24.7 Å². The summed E-state index contributed by atoms with van der Waals surface area (Å²) in [6.07, 6.45) is 6.19. The highest BCUT2D eigenvalue weighted by molar-refractivity contribution is 5.89. The summed E-state index contributed by atoms with van der Waals surface area (Å²) in [6.45, 7) is 6.64. The predicted octanol–water partition coefficient (Wildman–Crippen LogP) is 4.68. The van der Waals surface area contributed by atoms with Gasteiger partial charge in [-0.05, 0) is 45.1 Å². The maximum atomic E-state index is 12.6. The molecule has 0 aliphatic heterocycles. The number of carbonyl (C=O) groups excluding carboxylic acids is 2. The number of hydrogen-bond acceptors (Lipinski definition) is 4. The van der Waals surface area contributed by atoms with Crippen LogP contribution in [0.1, 0.15) is 64.4 Å². The van der Waals surface area contributed by atoms with Crippen LogP contribution in [0.2, 0.25) is 0 Å². The van der Waals surface area contributed by atoms with E-state index in [9.17, 15) is 9.59 Å². The number of esters is 2. The molecule has 4 heteroatoms. The third kappa shape index (κ3) is 5.18. The van der Waals surface area contributed by atoms with Crippen molar-refractivity contribution in [1.82, 2.24) is 0 Å². The van der Waals surface area contributed by atoms with Crippen LogP contribution in [0.3, 0.4) is 0 Å². The summed E-state index contributed by atoms with van der Waals surface area (Å²) in [6, 6.07) is 9.92. The van der Waals surface area contributed by atoms with Gasteiger partial charge in [0.15, 0.2) is 6.10 Å². The average molecular weight is 344 g/mol. The summed E-state index contributed by atoms with van der Waals surface area (Å²) in [5.41, 5.74) is 0.648. The molecule has 1 aliphatic rings. The summed E-state index contributed by atoms with van der Waals surface area (Å²) in [7, 11) is 0. The number of carbonyl (C=O) groups is 2. The molecule has 1 atom stereocenters. The van der Waals surface area contributed by atoms with Crippen LogP contribution < -0.4 is 0 Å². The highest BCUT2D eigenvalue weighted by Crippen LogP contribution is 2.39. The van der Waals surface area contributed by atoms with Gasteiger partial charge in [0, 0.05) is 5.57 Å². The first-order chi connectivity index (χ1) is 11.9. The average Bonchev–Trinajstić information content (AvgIpc) is 2.58. The maximum absolute atomic E-state index is 12.6. The first-order valence-corrected chi connectivity index (χ1v) is 9.09. The van der Waals surface area contributed by atoms with E-state index in [1.165, 1.54) is 6.42 Å². The van der Waals surface area contributed by atoms with E-state index in [0.29, 0.717) is 0 Å². The second-order valence-electron chi connectivity index (χ2n) is 6.88. The van der Waals surface area contributed by atoms with Crippen LogP contribution in [0, 0.1) is 0 Å². The van der Waals surface area contributed by atoms with Gasteiger partial charge in [0.25, 0.3) is 0 Å². The second-order valence-corrected chi connectivity index (χ2v) is 6.88.